The summed E-state index contributed by atoms with van der Waals surface area (Å²) in [6, 6.07) is 5.25. The van der Waals surface area contributed by atoms with Gasteiger partial charge in [0.1, 0.15) is 6.61 Å². The van der Waals surface area contributed by atoms with Crippen LogP contribution in [0.5, 0.6) is 5.75 Å². The predicted molar refractivity (Wildman–Crippen MR) is 78.5 cm³/mol. The first-order valence-corrected chi connectivity index (χ1v) is 7.33. The molecule has 19 heavy (non-hydrogen) atoms. The van der Waals surface area contributed by atoms with E-state index in [2.05, 4.69) is 19.2 Å². The van der Waals surface area contributed by atoms with Gasteiger partial charge >= 0.3 is 0 Å². The van der Waals surface area contributed by atoms with Crippen LogP contribution in [-0.4, -0.2) is 19.2 Å². The molecule has 1 unspecified atom stereocenters. The number of benzene rings is 1. The summed E-state index contributed by atoms with van der Waals surface area (Å²) in [6.45, 7) is 5.51. The minimum absolute atomic E-state index is 0.0957. The molecular formula is C15H23ClFNO. The molecule has 0 aromatic heterocycles. The first-order chi connectivity index (χ1) is 9.15. The van der Waals surface area contributed by atoms with E-state index in [9.17, 15) is 4.39 Å². The average Bonchev–Trinajstić information content (AvgIpc) is 2.39. The molecule has 0 amide bonds. The smallest absolute Gasteiger partial charge is 0.183 e. The molecule has 0 radical (unpaired) electrons. The molecule has 0 bridgehead atoms. The predicted octanol–water partition coefficient (Wildman–Crippen LogP) is 4.42. The molecule has 0 saturated heterocycles. The maximum atomic E-state index is 13.5. The summed E-state index contributed by atoms with van der Waals surface area (Å²) in [5, 5.41) is 3.46. The fourth-order valence-corrected chi connectivity index (χ4v) is 2.03. The third-order valence-corrected chi connectivity index (χ3v) is 3.30. The first kappa shape index (κ1) is 16.3. The number of hydrogen-bond acceptors (Lipinski definition) is 2. The van der Waals surface area contributed by atoms with Crippen LogP contribution in [0.4, 0.5) is 4.39 Å². The largest absolute Gasteiger partial charge is 0.489 e. The molecule has 1 aromatic rings. The lowest BCUT2D eigenvalue weighted by atomic mass is 10.1. The molecule has 0 aliphatic heterocycles. The molecule has 0 aliphatic carbocycles. The maximum Gasteiger partial charge on any atom is 0.183 e. The lowest BCUT2D eigenvalue weighted by Crippen LogP contribution is -2.30. The second kappa shape index (κ2) is 9.16. The number of unbranched alkanes of at least 4 members (excludes halogenated alkanes) is 2. The van der Waals surface area contributed by atoms with Crippen molar-refractivity contribution in [3.8, 4) is 5.75 Å². The summed E-state index contributed by atoms with van der Waals surface area (Å²) in [4.78, 5) is 0. The van der Waals surface area contributed by atoms with Crippen LogP contribution in [0.25, 0.3) is 0 Å². The molecule has 0 spiro atoms. The standard InChI is InChI=1S/C15H23ClFNO/c1-3-4-5-7-12(2)18-10-11-19-14-9-6-8-13(16)15(14)17/h6,8-9,12,18H,3-5,7,10-11H2,1-2H3. The van der Waals surface area contributed by atoms with E-state index in [1.54, 1.807) is 12.1 Å². The summed E-state index contributed by atoms with van der Waals surface area (Å²) < 4.78 is 18.9. The first-order valence-electron chi connectivity index (χ1n) is 6.95. The Morgan fingerprint density at radius 2 is 2.16 bits per heavy atom. The van der Waals surface area contributed by atoms with Crippen molar-refractivity contribution in [2.24, 2.45) is 0 Å². The second-order valence-corrected chi connectivity index (χ2v) is 5.16. The number of hydrogen-bond donors (Lipinski definition) is 1. The van der Waals surface area contributed by atoms with E-state index in [1.807, 2.05) is 0 Å². The number of nitrogens with one attached hydrogen (secondary N) is 1. The van der Waals surface area contributed by atoms with Gasteiger partial charge in [-0.15, -0.1) is 0 Å². The Bertz CT molecular complexity index is 373. The molecular weight excluding hydrogens is 265 g/mol. The zero-order valence-electron chi connectivity index (χ0n) is 11.7. The highest BCUT2D eigenvalue weighted by atomic mass is 35.5. The molecule has 108 valence electrons. The summed E-state index contributed by atoms with van der Waals surface area (Å²) in [7, 11) is 0. The lowest BCUT2D eigenvalue weighted by molar-refractivity contribution is 0.291. The number of ether oxygens (including phenoxy) is 1. The summed E-state index contributed by atoms with van der Waals surface area (Å²) >= 11 is 5.68. The number of rotatable bonds is 9. The van der Waals surface area contributed by atoms with Gasteiger partial charge in [-0.05, 0) is 25.5 Å². The van der Waals surface area contributed by atoms with Gasteiger partial charge in [-0.3, -0.25) is 0 Å². The van der Waals surface area contributed by atoms with Crippen LogP contribution in [0, 0.1) is 5.82 Å². The fraction of sp³-hybridized carbons (Fsp3) is 0.600. The van der Waals surface area contributed by atoms with Crippen molar-refractivity contribution in [1.82, 2.24) is 5.32 Å². The van der Waals surface area contributed by atoms with Gasteiger partial charge in [0.2, 0.25) is 0 Å². The van der Waals surface area contributed by atoms with Gasteiger partial charge in [0.25, 0.3) is 0 Å². The Morgan fingerprint density at radius 1 is 1.37 bits per heavy atom. The molecule has 1 rings (SSSR count). The van der Waals surface area contributed by atoms with Crippen molar-refractivity contribution in [2.45, 2.75) is 45.6 Å². The van der Waals surface area contributed by atoms with Gasteiger partial charge in [0.05, 0.1) is 5.02 Å². The van der Waals surface area contributed by atoms with Gasteiger partial charge in [-0.2, -0.15) is 0 Å². The summed E-state index contributed by atoms with van der Waals surface area (Å²) in [5.41, 5.74) is 0. The Balaban J connectivity index is 2.18. The van der Waals surface area contributed by atoms with E-state index < -0.39 is 5.82 Å². The van der Waals surface area contributed by atoms with Crippen molar-refractivity contribution >= 4 is 11.6 Å². The molecule has 1 aromatic carbocycles. The highest BCUT2D eigenvalue weighted by Crippen LogP contribution is 2.23. The van der Waals surface area contributed by atoms with Gasteiger partial charge in [-0.25, -0.2) is 4.39 Å². The van der Waals surface area contributed by atoms with E-state index in [4.69, 9.17) is 16.3 Å². The molecule has 4 heteroatoms. The molecule has 2 nitrogen and oxygen atoms in total. The molecule has 0 fully saturated rings. The van der Waals surface area contributed by atoms with Crippen LogP contribution >= 0.6 is 11.6 Å². The summed E-state index contributed by atoms with van der Waals surface area (Å²) in [5.74, 6) is -0.270. The molecule has 0 aliphatic rings. The van der Waals surface area contributed by atoms with Gasteiger partial charge < -0.3 is 10.1 Å². The zero-order chi connectivity index (χ0) is 14.1. The van der Waals surface area contributed by atoms with E-state index in [0.29, 0.717) is 19.2 Å². The third kappa shape index (κ3) is 6.26. The zero-order valence-corrected chi connectivity index (χ0v) is 12.5. The number of halogens is 2. The SMILES string of the molecule is CCCCCC(C)NCCOc1cccc(Cl)c1F. The van der Waals surface area contributed by atoms with Crippen LogP contribution < -0.4 is 10.1 Å². The van der Waals surface area contributed by atoms with Crippen molar-refractivity contribution < 1.29 is 9.13 Å². The molecule has 0 saturated carbocycles. The molecule has 1 atom stereocenters. The molecule has 1 N–H and O–H groups in total. The van der Waals surface area contributed by atoms with Crippen LogP contribution in [-0.2, 0) is 0 Å². The van der Waals surface area contributed by atoms with Crippen molar-refractivity contribution in [3.05, 3.63) is 29.0 Å². The third-order valence-electron chi connectivity index (χ3n) is 3.01. The minimum atomic E-state index is -0.486. The van der Waals surface area contributed by atoms with Gasteiger partial charge in [0, 0.05) is 12.6 Å². The second-order valence-electron chi connectivity index (χ2n) is 4.75. The highest BCUT2D eigenvalue weighted by molar-refractivity contribution is 6.30. The fourth-order valence-electron chi connectivity index (χ4n) is 1.86. The van der Waals surface area contributed by atoms with E-state index in [1.165, 1.54) is 31.7 Å². The monoisotopic (exact) mass is 287 g/mol. The maximum absolute atomic E-state index is 13.5. The van der Waals surface area contributed by atoms with Crippen LogP contribution in [0.3, 0.4) is 0 Å². The average molecular weight is 288 g/mol. The van der Waals surface area contributed by atoms with Gasteiger partial charge in [0.15, 0.2) is 11.6 Å². The van der Waals surface area contributed by atoms with E-state index in [0.717, 1.165) is 0 Å². The Kier molecular flexibility index (Phi) is 7.84. The Morgan fingerprint density at radius 3 is 2.89 bits per heavy atom. The van der Waals surface area contributed by atoms with Crippen molar-refractivity contribution in [3.63, 3.8) is 0 Å². The highest BCUT2D eigenvalue weighted by Gasteiger charge is 2.07. The van der Waals surface area contributed by atoms with Crippen LogP contribution in [0.15, 0.2) is 18.2 Å². The Hall–Kier alpha value is -0.800. The van der Waals surface area contributed by atoms with Gasteiger partial charge in [-0.1, -0.05) is 43.9 Å². The van der Waals surface area contributed by atoms with Crippen molar-refractivity contribution in [1.29, 1.82) is 0 Å². The van der Waals surface area contributed by atoms with Crippen molar-refractivity contribution in [2.75, 3.05) is 13.2 Å². The quantitative estimate of drug-likeness (QED) is 0.679. The van der Waals surface area contributed by atoms with Crippen LogP contribution in [0.2, 0.25) is 5.02 Å². The lowest BCUT2D eigenvalue weighted by Gasteiger charge is -2.14. The minimum Gasteiger partial charge on any atom is -0.489 e. The normalized spacial score (nSPS) is 12.4. The van der Waals surface area contributed by atoms with Crippen LogP contribution in [0.1, 0.15) is 39.5 Å². The Labute approximate surface area is 120 Å². The van der Waals surface area contributed by atoms with E-state index >= 15 is 0 Å². The van der Waals surface area contributed by atoms with E-state index in [-0.39, 0.29) is 10.8 Å². The summed E-state index contributed by atoms with van der Waals surface area (Å²) in [6.07, 6.45) is 4.92. The molecule has 0 heterocycles. The topological polar surface area (TPSA) is 21.3 Å².